The highest BCUT2D eigenvalue weighted by Gasteiger charge is 1.85. The Morgan fingerprint density at radius 3 is 2.50 bits per heavy atom. The van der Waals surface area contributed by atoms with Crippen LogP contribution in [-0.2, 0) is 9.74 Å². The summed E-state index contributed by atoms with van der Waals surface area (Å²) in [6.45, 7) is 2.04. The van der Waals surface area contributed by atoms with E-state index in [1.54, 1.807) is 0 Å². The number of unbranched alkanes of at least 4 members (excludes halogenated alkanes) is 1. The highest BCUT2D eigenvalue weighted by atomic mass is 33.1. The van der Waals surface area contributed by atoms with E-state index in [2.05, 4.69) is 0 Å². The minimum Gasteiger partial charge on any atom is -0.221 e. The van der Waals surface area contributed by atoms with E-state index in [-0.39, 0.29) is 0 Å². The van der Waals surface area contributed by atoms with Gasteiger partial charge in [-0.05, 0) is 17.2 Å². The van der Waals surface area contributed by atoms with Gasteiger partial charge in [0.05, 0.1) is 0 Å². The molecule has 0 bridgehead atoms. The van der Waals surface area contributed by atoms with Crippen molar-refractivity contribution in [2.75, 3.05) is 5.75 Å². The average Bonchev–Trinajstić information content (AvgIpc) is 1.66. The maximum absolute atomic E-state index is 9.87. The van der Waals surface area contributed by atoms with E-state index >= 15 is 0 Å². The summed E-state index contributed by atoms with van der Waals surface area (Å²) in [5.74, 6) is 0.745. The summed E-state index contributed by atoms with van der Waals surface area (Å²) in [5.41, 5.74) is 0. The Hall–Kier alpha value is 0.300. The summed E-state index contributed by atoms with van der Waals surface area (Å²) in [6, 6.07) is 0. The van der Waals surface area contributed by atoms with Crippen LogP contribution >= 0.6 is 10.8 Å². The van der Waals surface area contributed by atoms with Gasteiger partial charge in [-0.25, -0.2) is 8.42 Å². The van der Waals surface area contributed by atoms with E-state index in [1.165, 1.54) is 0 Å². The van der Waals surface area contributed by atoms with Gasteiger partial charge in [0.2, 0.25) is 0 Å². The second-order valence-corrected chi connectivity index (χ2v) is 4.19. The van der Waals surface area contributed by atoms with Crippen molar-refractivity contribution >= 4 is 20.5 Å². The van der Waals surface area contributed by atoms with Crippen molar-refractivity contribution in [2.24, 2.45) is 0 Å². The molecule has 0 aliphatic carbocycles. The van der Waals surface area contributed by atoms with Gasteiger partial charge < -0.3 is 0 Å². The van der Waals surface area contributed by atoms with Crippen LogP contribution in [0, 0.1) is 0 Å². The zero-order chi connectivity index (χ0) is 6.41. The smallest absolute Gasteiger partial charge is 0.191 e. The summed E-state index contributed by atoms with van der Waals surface area (Å²) in [5, 5.41) is 0. The molecular weight excluding hydrogens is 144 g/mol. The third-order valence-electron chi connectivity index (χ3n) is 0.695. The van der Waals surface area contributed by atoms with Crippen LogP contribution in [0.1, 0.15) is 19.8 Å². The second kappa shape index (κ2) is 5.44. The molecule has 0 atom stereocenters. The molecule has 0 saturated heterocycles. The lowest BCUT2D eigenvalue weighted by Gasteiger charge is -1.86. The summed E-state index contributed by atoms with van der Waals surface area (Å²) >= 11 is 0. The van der Waals surface area contributed by atoms with Crippen molar-refractivity contribution in [1.29, 1.82) is 0 Å². The first-order valence-electron chi connectivity index (χ1n) is 2.54. The summed E-state index contributed by atoms with van der Waals surface area (Å²) in [6.07, 6.45) is 2.06. The zero-order valence-electron chi connectivity index (χ0n) is 4.79. The lowest BCUT2D eigenvalue weighted by Crippen LogP contribution is -1.75. The highest BCUT2D eigenvalue weighted by molar-refractivity contribution is 8.64. The first-order valence-corrected chi connectivity index (χ1v) is 5.31. The van der Waals surface area contributed by atoms with Gasteiger partial charge in [-0.3, -0.25) is 0 Å². The van der Waals surface area contributed by atoms with Crippen molar-refractivity contribution in [1.82, 2.24) is 0 Å². The monoisotopic (exact) mass is 154 g/mol. The molecule has 0 radical (unpaired) electrons. The van der Waals surface area contributed by atoms with Crippen molar-refractivity contribution in [3.63, 3.8) is 0 Å². The van der Waals surface area contributed by atoms with Crippen molar-refractivity contribution in [2.45, 2.75) is 19.8 Å². The molecule has 0 saturated carbocycles. The molecular formula is C4H10O2S2. The van der Waals surface area contributed by atoms with Gasteiger partial charge in [-0.1, -0.05) is 13.3 Å². The van der Waals surface area contributed by atoms with E-state index in [0.717, 1.165) is 29.4 Å². The van der Waals surface area contributed by atoms with Gasteiger partial charge in [0.25, 0.3) is 0 Å². The molecule has 0 fully saturated rings. The number of hydrogen-bond donors (Lipinski definition) is 1. The predicted molar refractivity (Wildman–Crippen MR) is 37.7 cm³/mol. The fourth-order valence-corrected chi connectivity index (χ4v) is 1.68. The number of thiol groups is 1. The molecule has 0 heterocycles. The number of hydrogen-bond acceptors (Lipinski definition) is 3. The summed E-state index contributed by atoms with van der Waals surface area (Å²) in [7, 11) is -1.19. The second-order valence-electron chi connectivity index (χ2n) is 1.41. The minimum absolute atomic E-state index is 0.745. The lowest BCUT2D eigenvalue weighted by molar-refractivity contribution is 0.626. The van der Waals surface area contributed by atoms with Crippen molar-refractivity contribution in [3.8, 4) is 0 Å². The predicted octanol–water partition coefficient (Wildman–Crippen LogP) is 1.05. The largest absolute Gasteiger partial charge is 0.221 e. The molecule has 0 aliphatic heterocycles. The molecule has 2 nitrogen and oxygen atoms in total. The maximum atomic E-state index is 9.87. The number of rotatable bonds is 4. The van der Waals surface area contributed by atoms with Crippen LogP contribution in [0.15, 0.2) is 0 Å². The first-order chi connectivity index (χ1) is 3.77. The molecule has 50 valence electrons. The summed E-state index contributed by atoms with van der Waals surface area (Å²) < 4.78 is 19.7. The van der Waals surface area contributed by atoms with Crippen LogP contribution in [-0.4, -0.2) is 14.2 Å². The van der Waals surface area contributed by atoms with E-state index in [4.69, 9.17) is 0 Å². The van der Waals surface area contributed by atoms with Crippen LogP contribution in [0.4, 0.5) is 0 Å². The molecule has 0 spiro atoms. The quantitative estimate of drug-likeness (QED) is 0.373. The van der Waals surface area contributed by atoms with Crippen LogP contribution in [0.25, 0.3) is 0 Å². The SMILES string of the molecule is CCCCS[SH](=O)=O. The molecule has 0 aromatic rings. The Kier molecular flexibility index (Phi) is 5.64. The standard InChI is InChI=1S/C4H10O2S2/c1-2-3-4-7-8(5)6/h8H,2-4H2,1H3. The average molecular weight is 154 g/mol. The van der Waals surface area contributed by atoms with Gasteiger partial charge in [0, 0.05) is 5.75 Å². The van der Waals surface area contributed by atoms with Crippen LogP contribution < -0.4 is 0 Å². The fourth-order valence-electron chi connectivity index (χ4n) is 0.283. The topological polar surface area (TPSA) is 34.1 Å². The van der Waals surface area contributed by atoms with Crippen LogP contribution in [0.3, 0.4) is 0 Å². The summed E-state index contributed by atoms with van der Waals surface area (Å²) in [4.78, 5) is 0. The van der Waals surface area contributed by atoms with E-state index < -0.39 is 9.74 Å². The Balaban J connectivity index is 2.94. The van der Waals surface area contributed by atoms with E-state index in [9.17, 15) is 8.42 Å². The van der Waals surface area contributed by atoms with Gasteiger partial charge >= 0.3 is 0 Å². The third kappa shape index (κ3) is 6.30. The Labute approximate surface area is 55.0 Å². The lowest BCUT2D eigenvalue weighted by atomic mass is 10.4. The van der Waals surface area contributed by atoms with Crippen LogP contribution in [0.5, 0.6) is 0 Å². The minimum atomic E-state index is -2.20. The zero-order valence-corrected chi connectivity index (χ0v) is 6.50. The maximum Gasteiger partial charge on any atom is 0.191 e. The van der Waals surface area contributed by atoms with E-state index in [0.29, 0.717) is 0 Å². The highest BCUT2D eigenvalue weighted by Crippen LogP contribution is 2.02. The molecule has 0 aromatic carbocycles. The Bertz CT molecular complexity index is 101. The Morgan fingerprint density at radius 1 is 1.50 bits per heavy atom. The molecule has 0 unspecified atom stereocenters. The third-order valence-corrected chi connectivity index (χ3v) is 2.56. The molecule has 0 aromatic heterocycles. The molecule has 0 rings (SSSR count). The van der Waals surface area contributed by atoms with Gasteiger partial charge in [0.15, 0.2) is 9.74 Å². The molecule has 4 heteroatoms. The molecule has 0 aliphatic rings. The van der Waals surface area contributed by atoms with Gasteiger partial charge in [-0.2, -0.15) is 0 Å². The normalized spacial score (nSPS) is 10.2. The van der Waals surface area contributed by atoms with E-state index in [1.807, 2.05) is 6.92 Å². The van der Waals surface area contributed by atoms with Crippen molar-refractivity contribution < 1.29 is 8.42 Å². The van der Waals surface area contributed by atoms with Crippen LogP contribution in [0.2, 0.25) is 0 Å². The van der Waals surface area contributed by atoms with Gasteiger partial charge in [-0.15, -0.1) is 0 Å². The van der Waals surface area contributed by atoms with Gasteiger partial charge in [0.1, 0.15) is 0 Å². The fraction of sp³-hybridized carbons (Fsp3) is 1.00. The first kappa shape index (κ1) is 8.30. The van der Waals surface area contributed by atoms with Crippen molar-refractivity contribution in [3.05, 3.63) is 0 Å². The molecule has 0 amide bonds. The molecule has 0 N–H and O–H groups in total. The Morgan fingerprint density at radius 2 is 2.12 bits per heavy atom. The molecule has 8 heavy (non-hydrogen) atoms.